The Kier molecular flexibility index (Phi) is 7.02. The molecule has 1 unspecified atom stereocenters. The number of aliphatic carboxylic acids is 2. The molecule has 0 saturated heterocycles. The van der Waals surface area contributed by atoms with Gasteiger partial charge in [-0.05, 0) is 5.75 Å². The molecule has 16 heavy (non-hydrogen) atoms. The first-order valence-electron chi connectivity index (χ1n) is 4.49. The molecule has 6 nitrogen and oxygen atoms in total. The van der Waals surface area contributed by atoms with Gasteiger partial charge in [0.1, 0.15) is 6.04 Å². The van der Waals surface area contributed by atoms with Gasteiger partial charge in [-0.3, -0.25) is 4.79 Å². The van der Waals surface area contributed by atoms with Crippen LogP contribution in [-0.2, 0) is 14.4 Å². The van der Waals surface area contributed by atoms with Crippen LogP contribution in [0.5, 0.6) is 0 Å². The van der Waals surface area contributed by atoms with Gasteiger partial charge in [0.2, 0.25) is 5.91 Å². The van der Waals surface area contributed by atoms with Gasteiger partial charge in [0.25, 0.3) is 0 Å². The fourth-order valence-electron chi connectivity index (χ4n) is 0.777. The van der Waals surface area contributed by atoms with E-state index in [1.165, 1.54) is 11.8 Å². The Morgan fingerprint density at radius 1 is 1.31 bits per heavy atom. The number of carbonyl (C=O) groups excluding carboxylic acids is 1. The van der Waals surface area contributed by atoms with Crippen LogP contribution in [0.3, 0.4) is 0 Å². The Hall–Kier alpha value is -1.50. The summed E-state index contributed by atoms with van der Waals surface area (Å²) < 4.78 is 0. The molecule has 0 rings (SSSR count). The minimum Gasteiger partial charge on any atom is -0.480 e. The van der Waals surface area contributed by atoms with Crippen molar-refractivity contribution in [1.82, 2.24) is 5.32 Å². The average Bonchev–Trinajstić information content (AvgIpc) is 2.20. The highest BCUT2D eigenvalue weighted by Crippen LogP contribution is 2.02. The monoisotopic (exact) mass is 247 g/mol. The van der Waals surface area contributed by atoms with E-state index < -0.39 is 23.9 Å². The van der Waals surface area contributed by atoms with Gasteiger partial charge >= 0.3 is 11.9 Å². The quantitative estimate of drug-likeness (QED) is 0.545. The number of carbonyl (C=O) groups is 3. The SMILES string of the molecule is CCSCC(NC(=O)C=CC(=O)O)C(=O)O. The summed E-state index contributed by atoms with van der Waals surface area (Å²) in [6, 6.07) is -1.00. The first-order chi connectivity index (χ1) is 7.47. The van der Waals surface area contributed by atoms with Crippen LogP contribution in [0.4, 0.5) is 0 Å². The van der Waals surface area contributed by atoms with Crippen molar-refractivity contribution in [2.45, 2.75) is 13.0 Å². The summed E-state index contributed by atoms with van der Waals surface area (Å²) in [6.07, 6.45) is 1.44. The highest BCUT2D eigenvalue weighted by molar-refractivity contribution is 7.99. The highest BCUT2D eigenvalue weighted by Gasteiger charge is 2.18. The Labute approximate surface area is 96.7 Å². The van der Waals surface area contributed by atoms with Gasteiger partial charge < -0.3 is 15.5 Å². The first kappa shape index (κ1) is 14.5. The first-order valence-corrected chi connectivity index (χ1v) is 5.65. The summed E-state index contributed by atoms with van der Waals surface area (Å²) in [5.41, 5.74) is 0. The van der Waals surface area contributed by atoms with Crippen molar-refractivity contribution in [3.05, 3.63) is 12.2 Å². The summed E-state index contributed by atoms with van der Waals surface area (Å²) in [5.74, 6) is -2.14. The maximum Gasteiger partial charge on any atom is 0.328 e. The average molecular weight is 247 g/mol. The summed E-state index contributed by atoms with van der Waals surface area (Å²) in [5, 5.41) is 19.2. The van der Waals surface area contributed by atoms with Crippen molar-refractivity contribution in [3.63, 3.8) is 0 Å². The lowest BCUT2D eigenvalue weighted by Crippen LogP contribution is -2.41. The van der Waals surface area contributed by atoms with E-state index in [9.17, 15) is 14.4 Å². The van der Waals surface area contributed by atoms with Gasteiger partial charge in [-0.15, -0.1) is 0 Å². The zero-order valence-corrected chi connectivity index (χ0v) is 9.49. The zero-order chi connectivity index (χ0) is 12.6. The van der Waals surface area contributed by atoms with Gasteiger partial charge in [-0.2, -0.15) is 11.8 Å². The van der Waals surface area contributed by atoms with E-state index in [2.05, 4.69) is 5.32 Å². The largest absolute Gasteiger partial charge is 0.480 e. The molecule has 0 bridgehead atoms. The van der Waals surface area contributed by atoms with Crippen LogP contribution in [0.15, 0.2) is 12.2 Å². The van der Waals surface area contributed by atoms with Crippen LogP contribution in [0, 0.1) is 0 Å². The summed E-state index contributed by atoms with van der Waals surface area (Å²) in [7, 11) is 0. The van der Waals surface area contributed by atoms with E-state index in [0.717, 1.165) is 11.8 Å². The van der Waals surface area contributed by atoms with E-state index >= 15 is 0 Å². The van der Waals surface area contributed by atoms with Gasteiger partial charge in [-0.1, -0.05) is 6.92 Å². The normalized spacial score (nSPS) is 12.3. The maximum absolute atomic E-state index is 11.1. The lowest BCUT2D eigenvalue weighted by Gasteiger charge is -2.11. The van der Waals surface area contributed by atoms with E-state index in [1.54, 1.807) is 0 Å². The third-order valence-corrected chi connectivity index (χ3v) is 2.46. The lowest BCUT2D eigenvalue weighted by atomic mass is 10.3. The van der Waals surface area contributed by atoms with Crippen LogP contribution < -0.4 is 5.32 Å². The Morgan fingerprint density at radius 2 is 1.94 bits per heavy atom. The van der Waals surface area contributed by atoms with Crippen LogP contribution >= 0.6 is 11.8 Å². The Balaban J connectivity index is 4.23. The summed E-state index contributed by atoms with van der Waals surface area (Å²) >= 11 is 1.37. The number of nitrogens with one attached hydrogen (secondary N) is 1. The molecule has 0 aromatic rings. The van der Waals surface area contributed by atoms with E-state index in [1.807, 2.05) is 6.92 Å². The molecule has 3 N–H and O–H groups in total. The minimum absolute atomic E-state index is 0.248. The molecule has 1 amide bonds. The Bertz CT molecular complexity index is 302. The fraction of sp³-hybridized carbons (Fsp3) is 0.444. The molecule has 1 atom stereocenters. The van der Waals surface area contributed by atoms with Crippen molar-refractivity contribution in [3.8, 4) is 0 Å². The molecule has 0 aliphatic carbocycles. The number of hydrogen-bond acceptors (Lipinski definition) is 4. The zero-order valence-electron chi connectivity index (χ0n) is 8.67. The van der Waals surface area contributed by atoms with Gasteiger partial charge in [0, 0.05) is 17.9 Å². The standard InChI is InChI=1S/C9H13NO5S/c1-2-16-5-6(9(14)15)10-7(11)3-4-8(12)13/h3-4,6H,2,5H2,1H3,(H,10,11)(H,12,13)(H,14,15). The minimum atomic E-state index is -1.26. The number of hydrogen-bond donors (Lipinski definition) is 3. The van der Waals surface area contributed by atoms with E-state index in [-0.39, 0.29) is 5.75 Å². The third kappa shape index (κ3) is 6.88. The van der Waals surface area contributed by atoms with Gasteiger partial charge in [-0.25, -0.2) is 9.59 Å². The molecule has 90 valence electrons. The van der Waals surface area contributed by atoms with E-state index in [0.29, 0.717) is 6.08 Å². The van der Waals surface area contributed by atoms with Crippen molar-refractivity contribution < 1.29 is 24.6 Å². The van der Waals surface area contributed by atoms with Crippen molar-refractivity contribution >= 4 is 29.6 Å². The Morgan fingerprint density at radius 3 is 2.38 bits per heavy atom. The number of thioether (sulfide) groups is 1. The molecule has 0 aromatic heterocycles. The molecule has 0 fully saturated rings. The number of amides is 1. The molecule has 7 heteroatoms. The summed E-state index contributed by atoms with van der Waals surface area (Å²) in [6.45, 7) is 1.87. The molecule has 0 aliphatic heterocycles. The van der Waals surface area contributed by atoms with Gasteiger partial charge in [0.05, 0.1) is 0 Å². The predicted molar refractivity (Wildman–Crippen MR) is 59.3 cm³/mol. The number of carboxylic acid groups (broad SMARTS) is 2. The van der Waals surface area contributed by atoms with Crippen LogP contribution in [0.1, 0.15) is 6.92 Å². The number of rotatable bonds is 7. The molecular weight excluding hydrogens is 234 g/mol. The molecular formula is C9H13NO5S. The maximum atomic E-state index is 11.1. The molecule has 0 aliphatic rings. The van der Waals surface area contributed by atoms with Crippen molar-refractivity contribution in [2.75, 3.05) is 11.5 Å². The van der Waals surface area contributed by atoms with Crippen molar-refractivity contribution in [1.29, 1.82) is 0 Å². The fourth-order valence-corrected chi connectivity index (χ4v) is 1.47. The summed E-state index contributed by atoms with van der Waals surface area (Å²) in [4.78, 5) is 31.9. The van der Waals surface area contributed by atoms with E-state index in [4.69, 9.17) is 10.2 Å². The van der Waals surface area contributed by atoms with Gasteiger partial charge in [0.15, 0.2) is 0 Å². The highest BCUT2D eigenvalue weighted by atomic mass is 32.2. The van der Waals surface area contributed by atoms with Crippen LogP contribution in [0.25, 0.3) is 0 Å². The predicted octanol–water partition coefficient (Wildman–Crippen LogP) is -0.0503. The second-order valence-electron chi connectivity index (χ2n) is 2.73. The second kappa shape index (κ2) is 7.75. The lowest BCUT2D eigenvalue weighted by molar-refractivity contribution is -0.140. The molecule has 0 heterocycles. The van der Waals surface area contributed by atoms with Crippen LogP contribution in [0.2, 0.25) is 0 Å². The smallest absolute Gasteiger partial charge is 0.328 e. The van der Waals surface area contributed by atoms with Crippen molar-refractivity contribution in [2.24, 2.45) is 0 Å². The molecule has 0 spiro atoms. The topological polar surface area (TPSA) is 104 Å². The molecule has 0 saturated carbocycles. The second-order valence-corrected chi connectivity index (χ2v) is 4.05. The number of carboxylic acids is 2. The molecule has 0 radical (unpaired) electrons. The molecule has 0 aromatic carbocycles. The van der Waals surface area contributed by atoms with Crippen LogP contribution in [-0.4, -0.2) is 45.6 Å². The third-order valence-electron chi connectivity index (χ3n) is 1.48.